The first-order valence-corrected chi connectivity index (χ1v) is 19.3. The van der Waals surface area contributed by atoms with E-state index in [0.717, 1.165) is 48.8 Å². The second kappa shape index (κ2) is 19.3. The van der Waals surface area contributed by atoms with Crippen molar-refractivity contribution in [3.63, 3.8) is 0 Å². The number of aromatic nitrogens is 1. The zero-order valence-electron chi connectivity index (χ0n) is 32.7. The van der Waals surface area contributed by atoms with Crippen molar-refractivity contribution in [2.24, 2.45) is 11.8 Å². The highest BCUT2D eigenvalue weighted by Gasteiger charge is 2.33. The highest BCUT2D eigenvalue weighted by molar-refractivity contribution is 5.84. The summed E-state index contributed by atoms with van der Waals surface area (Å²) in [5.41, 5.74) is 1.73. The molecule has 0 aliphatic carbocycles. The van der Waals surface area contributed by atoms with Gasteiger partial charge in [-0.1, -0.05) is 18.2 Å². The number of likely N-dealkylation sites (tertiary alicyclic amines) is 2. The van der Waals surface area contributed by atoms with Crippen molar-refractivity contribution >= 4 is 23.8 Å². The molecule has 3 heterocycles. The number of benzene rings is 1. The van der Waals surface area contributed by atoms with Crippen molar-refractivity contribution in [2.45, 2.75) is 123 Å². The van der Waals surface area contributed by atoms with Crippen LogP contribution in [0.4, 0.5) is 9.18 Å². The summed E-state index contributed by atoms with van der Waals surface area (Å²) >= 11 is 0. The van der Waals surface area contributed by atoms with Gasteiger partial charge in [0.2, 0.25) is 5.91 Å². The number of Topliss-reactive ketones (excluding diaryl/α,β-unsaturated/α-hetero) is 1. The molecule has 0 bridgehead atoms. The molecule has 2 atom stereocenters. The molecule has 1 aromatic heterocycles. The SMILES string of the molecule is CC(C)(C)OC(=O)C[C@H](CC(=O)[C@@H]1CCCN(C(=O)CCC2CCN(C(=O)OC(C)(C)C)CC2)C1)c1cncc(CCc2ccc(OCC[18F])cc2)c1. The fraction of sp³-hybridized carbons (Fsp3) is 0.643. The van der Waals surface area contributed by atoms with Gasteiger partial charge in [-0.2, -0.15) is 0 Å². The highest BCUT2D eigenvalue weighted by atomic mass is 18.2. The van der Waals surface area contributed by atoms with Gasteiger partial charge in [0.25, 0.3) is 0 Å². The van der Waals surface area contributed by atoms with E-state index in [1.807, 2.05) is 83.0 Å². The van der Waals surface area contributed by atoms with E-state index < -0.39 is 23.8 Å². The highest BCUT2D eigenvalue weighted by Crippen LogP contribution is 2.31. The third kappa shape index (κ3) is 14.4. The lowest BCUT2D eigenvalue weighted by atomic mass is 9.84. The first-order valence-electron chi connectivity index (χ1n) is 19.3. The van der Waals surface area contributed by atoms with E-state index in [9.17, 15) is 23.6 Å². The van der Waals surface area contributed by atoms with Crippen molar-refractivity contribution < 1.29 is 37.8 Å². The Morgan fingerprint density at radius 1 is 0.849 bits per heavy atom. The summed E-state index contributed by atoms with van der Waals surface area (Å²) in [5.74, 6) is 0.0455. The molecule has 1 aromatic carbocycles. The van der Waals surface area contributed by atoms with Gasteiger partial charge in [0, 0.05) is 63.3 Å². The Bertz CT molecular complexity index is 1510. The molecule has 0 spiro atoms. The van der Waals surface area contributed by atoms with E-state index in [0.29, 0.717) is 57.1 Å². The summed E-state index contributed by atoms with van der Waals surface area (Å²) in [6.07, 6.45) is 9.27. The molecule has 4 rings (SSSR count). The number of aryl methyl sites for hydroxylation is 2. The van der Waals surface area contributed by atoms with Gasteiger partial charge >= 0.3 is 12.1 Å². The van der Waals surface area contributed by atoms with E-state index in [1.165, 1.54) is 0 Å². The monoisotopic (exact) mass is 736 g/mol. The molecule has 2 aliphatic heterocycles. The number of hydrogen-bond donors (Lipinski definition) is 0. The maximum absolute atomic E-state index is 13.9. The van der Waals surface area contributed by atoms with Gasteiger partial charge in [-0.3, -0.25) is 19.4 Å². The Labute approximate surface area is 315 Å². The maximum Gasteiger partial charge on any atom is 0.410 e. The third-order valence-electron chi connectivity index (χ3n) is 9.80. The van der Waals surface area contributed by atoms with Gasteiger partial charge in [-0.05, 0) is 121 Å². The first kappa shape index (κ1) is 41.7. The van der Waals surface area contributed by atoms with Crippen molar-refractivity contribution in [1.29, 1.82) is 0 Å². The average molecular weight is 737 g/mol. The molecule has 2 aliphatic rings. The topological polar surface area (TPSA) is 115 Å². The van der Waals surface area contributed by atoms with Crippen LogP contribution in [0.15, 0.2) is 42.7 Å². The van der Waals surface area contributed by atoms with Crippen LogP contribution in [0.5, 0.6) is 5.75 Å². The van der Waals surface area contributed by atoms with Crippen LogP contribution in [0.3, 0.4) is 0 Å². The quantitative estimate of drug-likeness (QED) is 0.171. The Balaban J connectivity index is 1.33. The third-order valence-corrected chi connectivity index (χ3v) is 9.80. The van der Waals surface area contributed by atoms with E-state index >= 15 is 0 Å². The second-order valence-corrected chi connectivity index (χ2v) is 16.6. The Morgan fingerprint density at radius 2 is 1.53 bits per heavy atom. The fourth-order valence-corrected chi connectivity index (χ4v) is 7.05. The predicted octanol–water partition coefficient (Wildman–Crippen LogP) is 7.66. The standard InChI is InChI=1S/C42H60FN3O7/c1-41(2,3)52-39(49)26-34(35-24-32(27-44-28-35)10-9-30-11-14-36(15-12-30)51-23-19-43)25-37(47)33-8-7-20-46(29-33)38(48)16-13-31-17-21-45(22-18-31)40(50)53-42(4,5)6/h11-12,14-15,24,27-28,31,33-34H,7-10,13,16-23,25-26,29H2,1-6H3/t33-,34+/m1/s1/i43-1. The van der Waals surface area contributed by atoms with E-state index in [2.05, 4.69) is 4.98 Å². The van der Waals surface area contributed by atoms with E-state index in [-0.39, 0.29) is 49.1 Å². The molecule has 2 saturated heterocycles. The van der Waals surface area contributed by atoms with Crippen LogP contribution in [0, 0.1) is 11.8 Å². The van der Waals surface area contributed by atoms with Gasteiger partial charge in [0.05, 0.1) is 6.42 Å². The lowest BCUT2D eigenvalue weighted by Gasteiger charge is -2.35. The number of amides is 2. The number of carbonyl (C=O) groups excluding carboxylic acids is 4. The molecular weight excluding hydrogens is 676 g/mol. The summed E-state index contributed by atoms with van der Waals surface area (Å²) in [6.45, 7) is 12.9. The molecule has 0 radical (unpaired) electrons. The Kier molecular flexibility index (Phi) is 15.2. The van der Waals surface area contributed by atoms with Gasteiger partial charge in [0.1, 0.15) is 36.0 Å². The molecule has 2 aromatic rings. The summed E-state index contributed by atoms with van der Waals surface area (Å²) in [6, 6.07) is 9.63. The van der Waals surface area contributed by atoms with Crippen LogP contribution in [-0.2, 0) is 36.7 Å². The number of alkyl halides is 1. The molecule has 2 amide bonds. The van der Waals surface area contributed by atoms with E-state index in [1.54, 1.807) is 11.1 Å². The average Bonchev–Trinajstić information content (AvgIpc) is 3.11. The molecule has 0 N–H and O–H groups in total. The van der Waals surface area contributed by atoms with Crippen molar-refractivity contribution in [1.82, 2.24) is 14.8 Å². The minimum Gasteiger partial charge on any atom is -0.491 e. The molecule has 10 nitrogen and oxygen atoms in total. The van der Waals surface area contributed by atoms with Gasteiger partial charge in [-0.15, -0.1) is 0 Å². The van der Waals surface area contributed by atoms with Crippen molar-refractivity contribution in [3.8, 4) is 5.75 Å². The van der Waals surface area contributed by atoms with Crippen LogP contribution >= 0.6 is 0 Å². The number of ketones is 1. The summed E-state index contributed by atoms with van der Waals surface area (Å²) in [7, 11) is 0. The largest absolute Gasteiger partial charge is 0.491 e. The summed E-state index contributed by atoms with van der Waals surface area (Å²) in [5, 5.41) is 0. The molecule has 2 fully saturated rings. The minimum absolute atomic E-state index is 0.0301. The number of piperidine rings is 2. The van der Waals surface area contributed by atoms with Crippen LogP contribution in [-0.4, -0.2) is 89.2 Å². The number of hydrogen-bond acceptors (Lipinski definition) is 8. The van der Waals surface area contributed by atoms with Crippen LogP contribution in [0.25, 0.3) is 0 Å². The molecule has 0 saturated carbocycles. The lowest BCUT2D eigenvalue weighted by Crippen LogP contribution is -2.43. The summed E-state index contributed by atoms with van der Waals surface area (Å²) in [4.78, 5) is 60.9. The predicted molar refractivity (Wildman–Crippen MR) is 201 cm³/mol. The van der Waals surface area contributed by atoms with Gasteiger partial charge in [-0.25, -0.2) is 9.18 Å². The molecule has 0 unspecified atom stereocenters. The Morgan fingerprint density at radius 3 is 2.19 bits per heavy atom. The van der Waals surface area contributed by atoms with Crippen molar-refractivity contribution in [3.05, 3.63) is 59.4 Å². The van der Waals surface area contributed by atoms with Crippen LogP contribution in [0.2, 0.25) is 0 Å². The summed E-state index contributed by atoms with van der Waals surface area (Å²) < 4.78 is 29.0. The van der Waals surface area contributed by atoms with Gasteiger partial charge in [0.15, 0.2) is 0 Å². The van der Waals surface area contributed by atoms with Gasteiger partial charge < -0.3 is 24.0 Å². The number of esters is 1. The number of ether oxygens (including phenoxy) is 3. The van der Waals surface area contributed by atoms with Crippen molar-refractivity contribution in [2.75, 3.05) is 39.5 Å². The van der Waals surface area contributed by atoms with Crippen LogP contribution < -0.4 is 4.74 Å². The zero-order valence-corrected chi connectivity index (χ0v) is 32.7. The van der Waals surface area contributed by atoms with Crippen LogP contribution in [0.1, 0.15) is 116 Å². The number of carbonyl (C=O) groups is 4. The minimum atomic E-state index is -0.655. The zero-order chi connectivity index (χ0) is 38.6. The Hall–Kier alpha value is -4.02. The lowest BCUT2D eigenvalue weighted by molar-refractivity contribution is -0.155. The number of pyridine rings is 1. The first-order chi connectivity index (χ1) is 25.1. The number of rotatable bonds is 15. The fourth-order valence-electron chi connectivity index (χ4n) is 7.05. The second-order valence-electron chi connectivity index (χ2n) is 16.6. The molecular formula is C42H60FN3O7. The maximum atomic E-state index is 13.9. The molecule has 292 valence electrons. The normalized spacial score (nSPS) is 17.6. The number of halogens is 1. The number of nitrogens with zero attached hydrogens (tertiary/aromatic N) is 3. The van der Waals surface area contributed by atoms with E-state index in [4.69, 9.17) is 14.2 Å². The molecule has 53 heavy (non-hydrogen) atoms. The smallest absolute Gasteiger partial charge is 0.410 e. The molecule has 11 heteroatoms.